The molecule has 0 aliphatic carbocycles. The Morgan fingerprint density at radius 2 is 2.00 bits per heavy atom. The van der Waals surface area contributed by atoms with Gasteiger partial charge in [-0.1, -0.05) is 29.3 Å². The Morgan fingerprint density at radius 3 is 2.69 bits per heavy atom. The van der Waals surface area contributed by atoms with Crippen molar-refractivity contribution in [2.45, 2.75) is 13.3 Å². The Labute approximate surface area is 161 Å². The number of anilines is 2. The molecule has 0 spiro atoms. The Kier molecular flexibility index (Phi) is 5.39. The predicted molar refractivity (Wildman–Crippen MR) is 103 cm³/mol. The summed E-state index contributed by atoms with van der Waals surface area (Å²) in [6.45, 7) is 2.15. The highest BCUT2D eigenvalue weighted by atomic mass is 35.5. The molecule has 136 valence electrons. The van der Waals surface area contributed by atoms with E-state index in [2.05, 4.69) is 5.32 Å². The zero-order chi connectivity index (χ0) is 18.8. The second kappa shape index (κ2) is 7.56. The van der Waals surface area contributed by atoms with Gasteiger partial charge in [0, 0.05) is 28.7 Å². The number of aryl methyl sites for hydroxylation is 1. The molecule has 0 radical (unpaired) electrons. The Bertz CT molecular complexity index is 870. The molecule has 26 heavy (non-hydrogen) atoms. The van der Waals surface area contributed by atoms with Crippen LogP contribution >= 0.6 is 23.2 Å². The van der Waals surface area contributed by atoms with Gasteiger partial charge >= 0.3 is 0 Å². The van der Waals surface area contributed by atoms with Crippen LogP contribution in [0, 0.1) is 12.8 Å². The number of benzene rings is 2. The molecular weight excluding hydrogens is 375 g/mol. The van der Waals surface area contributed by atoms with Crippen LogP contribution in [0.25, 0.3) is 0 Å². The van der Waals surface area contributed by atoms with Crippen LogP contribution in [-0.4, -0.2) is 25.5 Å². The lowest BCUT2D eigenvalue weighted by molar-refractivity contribution is -0.122. The fraction of sp³-hybridized carbons (Fsp3) is 0.263. The molecule has 1 aliphatic rings. The summed E-state index contributed by atoms with van der Waals surface area (Å²) >= 11 is 12.1. The Balaban J connectivity index is 1.76. The molecule has 1 fully saturated rings. The molecule has 5 nitrogen and oxygen atoms in total. The SMILES string of the molecule is COc1ccc(Cl)cc1N1C[C@H](C(=O)Nc2ccc(C)c(Cl)c2)CC1=O. The number of carbonyl (C=O) groups excluding carboxylic acids is 2. The topological polar surface area (TPSA) is 58.6 Å². The van der Waals surface area contributed by atoms with Crippen molar-refractivity contribution in [3.63, 3.8) is 0 Å². The predicted octanol–water partition coefficient (Wildman–Crippen LogP) is 4.30. The van der Waals surface area contributed by atoms with Crippen molar-refractivity contribution in [1.82, 2.24) is 0 Å². The van der Waals surface area contributed by atoms with Gasteiger partial charge in [-0.25, -0.2) is 0 Å². The molecule has 1 saturated heterocycles. The first-order chi connectivity index (χ1) is 12.4. The van der Waals surface area contributed by atoms with Gasteiger partial charge in [0.25, 0.3) is 0 Å². The molecule has 7 heteroatoms. The number of hydrogen-bond acceptors (Lipinski definition) is 3. The largest absolute Gasteiger partial charge is 0.495 e. The highest BCUT2D eigenvalue weighted by Gasteiger charge is 2.36. The van der Waals surface area contributed by atoms with E-state index in [1.165, 1.54) is 12.0 Å². The van der Waals surface area contributed by atoms with E-state index in [1.807, 2.05) is 13.0 Å². The zero-order valence-corrected chi connectivity index (χ0v) is 15.9. The van der Waals surface area contributed by atoms with Crippen molar-refractivity contribution in [3.05, 3.63) is 52.0 Å². The zero-order valence-electron chi connectivity index (χ0n) is 14.4. The van der Waals surface area contributed by atoms with Gasteiger partial charge in [-0.2, -0.15) is 0 Å². The summed E-state index contributed by atoms with van der Waals surface area (Å²) in [5.74, 6) is -0.296. The molecule has 2 aromatic carbocycles. The summed E-state index contributed by atoms with van der Waals surface area (Å²) in [5.41, 5.74) is 2.11. The molecule has 0 unspecified atom stereocenters. The number of carbonyl (C=O) groups is 2. The lowest BCUT2D eigenvalue weighted by Crippen LogP contribution is -2.28. The van der Waals surface area contributed by atoms with E-state index in [-0.39, 0.29) is 24.8 Å². The number of nitrogens with zero attached hydrogens (tertiary/aromatic N) is 1. The normalized spacial score (nSPS) is 16.7. The van der Waals surface area contributed by atoms with Crippen molar-refractivity contribution in [2.24, 2.45) is 5.92 Å². The van der Waals surface area contributed by atoms with E-state index in [0.717, 1.165) is 5.56 Å². The summed E-state index contributed by atoms with van der Waals surface area (Å²) in [6.07, 6.45) is 0.126. The van der Waals surface area contributed by atoms with Crippen LogP contribution in [-0.2, 0) is 9.59 Å². The fourth-order valence-corrected chi connectivity index (χ4v) is 3.25. The molecule has 1 N–H and O–H groups in total. The molecule has 0 bridgehead atoms. The first-order valence-electron chi connectivity index (χ1n) is 8.10. The van der Waals surface area contributed by atoms with E-state index in [9.17, 15) is 9.59 Å². The molecule has 1 heterocycles. The fourth-order valence-electron chi connectivity index (χ4n) is 2.91. The van der Waals surface area contributed by atoms with Crippen LogP contribution in [0.4, 0.5) is 11.4 Å². The van der Waals surface area contributed by atoms with Crippen molar-refractivity contribution in [1.29, 1.82) is 0 Å². The van der Waals surface area contributed by atoms with Crippen molar-refractivity contribution in [2.75, 3.05) is 23.9 Å². The minimum Gasteiger partial charge on any atom is -0.495 e. The summed E-state index contributed by atoms with van der Waals surface area (Å²) < 4.78 is 5.31. The molecule has 1 aliphatic heterocycles. The highest BCUT2D eigenvalue weighted by Crippen LogP contribution is 2.35. The third-order valence-corrected chi connectivity index (χ3v) is 5.01. The quantitative estimate of drug-likeness (QED) is 0.843. The number of methoxy groups -OCH3 is 1. The molecule has 2 amide bonds. The van der Waals surface area contributed by atoms with E-state index >= 15 is 0 Å². The Hall–Kier alpha value is -2.24. The van der Waals surface area contributed by atoms with Gasteiger partial charge in [-0.05, 0) is 42.8 Å². The van der Waals surface area contributed by atoms with Crippen LogP contribution in [0.5, 0.6) is 5.75 Å². The van der Waals surface area contributed by atoms with E-state index < -0.39 is 5.92 Å². The third-order valence-electron chi connectivity index (χ3n) is 4.37. The van der Waals surface area contributed by atoms with Gasteiger partial charge in [0.05, 0.1) is 18.7 Å². The maximum absolute atomic E-state index is 12.6. The summed E-state index contributed by atoms with van der Waals surface area (Å²) in [5, 5.41) is 3.90. The van der Waals surface area contributed by atoms with Crippen molar-refractivity contribution >= 4 is 46.4 Å². The van der Waals surface area contributed by atoms with Crippen LogP contribution in [0.2, 0.25) is 10.0 Å². The minimum absolute atomic E-state index is 0.126. The highest BCUT2D eigenvalue weighted by molar-refractivity contribution is 6.31. The van der Waals surface area contributed by atoms with Gasteiger partial charge in [0.15, 0.2) is 0 Å². The maximum atomic E-state index is 12.6. The van der Waals surface area contributed by atoms with Gasteiger partial charge < -0.3 is 15.0 Å². The number of hydrogen-bond donors (Lipinski definition) is 1. The van der Waals surface area contributed by atoms with Crippen LogP contribution in [0.3, 0.4) is 0 Å². The van der Waals surface area contributed by atoms with Crippen molar-refractivity contribution < 1.29 is 14.3 Å². The monoisotopic (exact) mass is 392 g/mol. The number of ether oxygens (including phenoxy) is 1. The summed E-state index contributed by atoms with van der Waals surface area (Å²) in [7, 11) is 1.53. The number of nitrogens with one attached hydrogen (secondary N) is 1. The number of rotatable bonds is 4. The van der Waals surface area contributed by atoms with Gasteiger partial charge in [0.1, 0.15) is 5.75 Å². The molecule has 1 atom stereocenters. The van der Waals surface area contributed by atoms with Gasteiger partial charge in [0.2, 0.25) is 11.8 Å². The smallest absolute Gasteiger partial charge is 0.229 e. The second-order valence-electron chi connectivity index (χ2n) is 6.17. The first-order valence-corrected chi connectivity index (χ1v) is 8.85. The average molecular weight is 393 g/mol. The maximum Gasteiger partial charge on any atom is 0.229 e. The van der Waals surface area contributed by atoms with Crippen LogP contribution < -0.4 is 15.0 Å². The molecule has 0 aromatic heterocycles. The van der Waals surface area contributed by atoms with E-state index in [0.29, 0.717) is 27.2 Å². The molecule has 2 aromatic rings. The first kappa shape index (κ1) is 18.5. The third kappa shape index (κ3) is 3.79. The van der Waals surface area contributed by atoms with Gasteiger partial charge in [-0.3, -0.25) is 9.59 Å². The summed E-state index contributed by atoms with van der Waals surface area (Å²) in [6, 6.07) is 10.4. The van der Waals surface area contributed by atoms with Crippen LogP contribution in [0.1, 0.15) is 12.0 Å². The molecule has 0 saturated carbocycles. The standard InChI is InChI=1S/C19H18Cl2N2O3/c1-11-3-5-14(9-15(11)21)22-19(25)12-7-18(24)23(10-12)16-8-13(20)4-6-17(16)26-2/h3-6,8-9,12H,7,10H2,1-2H3,(H,22,25)/t12-/m1/s1. The lowest BCUT2D eigenvalue weighted by Gasteiger charge is -2.20. The Morgan fingerprint density at radius 1 is 1.23 bits per heavy atom. The number of amides is 2. The van der Waals surface area contributed by atoms with Gasteiger partial charge in [-0.15, -0.1) is 0 Å². The van der Waals surface area contributed by atoms with Crippen LogP contribution in [0.15, 0.2) is 36.4 Å². The van der Waals surface area contributed by atoms with E-state index in [1.54, 1.807) is 30.3 Å². The molecular formula is C19H18Cl2N2O3. The summed E-state index contributed by atoms with van der Waals surface area (Å²) in [4.78, 5) is 26.5. The second-order valence-corrected chi connectivity index (χ2v) is 7.02. The number of halogens is 2. The molecule has 3 rings (SSSR count). The average Bonchev–Trinajstić information content (AvgIpc) is 3.00. The lowest BCUT2D eigenvalue weighted by atomic mass is 10.1. The van der Waals surface area contributed by atoms with Crippen molar-refractivity contribution in [3.8, 4) is 5.75 Å². The minimum atomic E-state index is -0.466. The van der Waals surface area contributed by atoms with E-state index in [4.69, 9.17) is 27.9 Å².